The van der Waals surface area contributed by atoms with E-state index in [2.05, 4.69) is 12.1 Å². The van der Waals surface area contributed by atoms with Crippen molar-refractivity contribution in [1.29, 1.82) is 0 Å². The van der Waals surface area contributed by atoms with Crippen LogP contribution < -0.4 is 0 Å². The Morgan fingerprint density at radius 2 is 2.32 bits per heavy atom. The van der Waals surface area contributed by atoms with Gasteiger partial charge >= 0.3 is 0 Å². The summed E-state index contributed by atoms with van der Waals surface area (Å²) in [5.41, 5.74) is 1.73. The standard InChI is InChI=1S/C14H18N2O3/c1-2-4-10-7-8-13(15-17)14(10)11-5-3-6-12(9-11)16(18)19/h3,5-6,9-10,14,17H,2,4,7-8H2,1H3/b15-13+. The van der Waals surface area contributed by atoms with Crippen LogP contribution in [0.3, 0.4) is 0 Å². The maximum atomic E-state index is 10.9. The highest BCUT2D eigenvalue weighted by Gasteiger charge is 2.34. The van der Waals surface area contributed by atoms with E-state index < -0.39 is 0 Å². The molecular weight excluding hydrogens is 244 g/mol. The van der Waals surface area contributed by atoms with E-state index in [1.807, 2.05) is 6.07 Å². The van der Waals surface area contributed by atoms with Gasteiger partial charge in [-0.2, -0.15) is 0 Å². The van der Waals surface area contributed by atoms with Crippen LogP contribution in [0.15, 0.2) is 29.4 Å². The van der Waals surface area contributed by atoms with Crippen molar-refractivity contribution >= 4 is 11.4 Å². The first kappa shape index (κ1) is 13.5. The van der Waals surface area contributed by atoms with Crippen molar-refractivity contribution in [3.63, 3.8) is 0 Å². The van der Waals surface area contributed by atoms with E-state index in [0.717, 1.165) is 37.0 Å². The van der Waals surface area contributed by atoms with Crippen LogP contribution >= 0.6 is 0 Å². The number of hydrogen-bond donors (Lipinski definition) is 1. The minimum Gasteiger partial charge on any atom is -0.411 e. The average Bonchev–Trinajstić information content (AvgIpc) is 2.82. The third-order valence-electron chi connectivity index (χ3n) is 3.83. The second-order valence-corrected chi connectivity index (χ2v) is 5.01. The fraction of sp³-hybridized carbons (Fsp3) is 0.500. The van der Waals surface area contributed by atoms with Gasteiger partial charge < -0.3 is 5.21 Å². The number of nitrogens with zero attached hydrogens (tertiary/aromatic N) is 2. The molecule has 5 heteroatoms. The largest absolute Gasteiger partial charge is 0.411 e. The SMILES string of the molecule is CCCC1CC/C(=N\O)C1c1cccc([N+](=O)[O-])c1. The van der Waals surface area contributed by atoms with E-state index in [4.69, 9.17) is 5.21 Å². The first-order valence-electron chi connectivity index (χ1n) is 6.62. The Bertz CT molecular complexity index is 499. The van der Waals surface area contributed by atoms with E-state index in [9.17, 15) is 10.1 Å². The Morgan fingerprint density at radius 3 is 2.95 bits per heavy atom. The maximum Gasteiger partial charge on any atom is 0.269 e. The van der Waals surface area contributed by atoms with E-state index in [1.54, 1.807) is 12.1 Å². The molecule has 0 spiro atoms. The Morgan fingerprint density at radius 1 is 1.53 bits per heavy atom. The first-order chi connectivity index (χ1) is 9.17. The van der Waals surface area contributed by atoms with Gasteiger partial charge in [0.2, 0.25) is 0 Å². The van der Waals surface area contributed by atoms with Crippen LogP contribution in [0.4, 0.5) is 5.69 Å². The van der Waals surface area contributed by atoms with E-state index in [1.165, 1.54) is 6.07 Å². The molecule has 2 atom stereocenters. The highest BCUT2D eigenvalue weighted by molar-refractivity contribution is 5.92. The molecule has 1 N–H and O–H groups in total. The predicted molar refractivity (Wildman–Crippen MR) is 72.7 cm³/mol. The maximum absolute atomic E-state index is 10.9. The van der Waals surface area contributed by atoms with Crippen molar-refractivity contribution in [2.75, 3.05) is 0 Å². The van der Waals surface area contributed by atoms with Gasteiger partial charge in [0.15, 0.2) is 0 Å². The van der Waals surface area contributed by atoms with Crippen molar-refractivity contribution in [3.05, 3.63) is 39.9 Å². The van der Waals surface area contributed by atoms with Gasteiger partial charge in [0.25, 0.3) is 5.69 Å². The smallest absolute Gasteiger partial charge is 0.269 e. The van der Waals surface area contributed by atoms with Crippen molar-refractivity contribution < 1.29 is 10.1 Å². The van der Waals surface area contributed by atoms with Gasteiger partial charge in [0.1, 0.15) is 0 Å². The number of nitro benzene ring substituents is 1. The molecule has 0 aliphatic heterocycles. The molecule has 1 aliphatic rings. The minimum absolute atomic E-state index is 0.0184. The number of oxime groups is 1. The minimum atomic E-state index is -0.386. The first-order valence-corrected chi connectivity index (χ1v) is 6.62. The molecule has 0 aromatic heterocycles. The molecule has 5 nitrogen and oxygen atoms in total. The lowest BCUT2D eigenvalue weighted by molar-refractivity contribution is -0.384. The Hall–Kier alpha value is -1.91. The zero-order chi connectivity index (χ0) is 13.8. The van der Waals surface area contributed by atoms with Gasteiger partial charge in [-0.05, 0) is 30.7 Å². The highest BCUT2D eigenvalue weighted by Crippen LogP contribution is 2.41. The summed E-state index contributed by atoms with van der Waals surface area (Å²) in [5, 5.41) is 23.4. The molecule has 0 radical (unpaired) electrons. The van der Waals surface area contributed by atoms with Crippen LogP contribution in [-0.2, 0) is 0 Å². The fourth-order valence-corrected chi connectivity index (χ4v) is 3.02. The van der Waals surface area contributed by atoms with Gasteiger partial charge in [-0.3, -0.25) is 10.1 Å². The average molecular weight is 262 g/mol. The topological polar surface area (TPSA) is 75.7 Å². The van der Waals surface area contributed by atoms with E-state index in [0.29, 0.717) is 5.92 Å². The Labute approximate surface area is 112 Å². The summed E-state index contributed by atoms with van der Waals surface area (Å²) in [6, 6.07) is 6.67. The fourth-order valence-electron chi connectivity index (χ4n) is 3.02. The van der Waals surface area contributed by atoms with Gasteiger partial charge in [-0.1, -0.05) is 30.6 Å². The lowest BCUT2D eigenvalue weighted by Crippen LogP contribution is -2.13. The molecule has 1 aromatic carbocycles. The molecule has 2 unspecified atom stereocenters. The third kappa shape index (κ3) is 2.75. The molecule has 0 bridgehead atoms. The molecule has 1 fully saturated rings. The molecule has 0 heterocycles. The molecule has 1 saturated carbocycles. The highest BCUT2D eigenvalue weighted by atomic mass is 16.6. The summed E-state index contributed by atoms with van der Waals surface area (Å²) in [6.45, 7) is 2.12. The summed E-state index contributed by atoms with van der Waals surface area (Å²) in [7, 11) is 0. The van der Waals surface area contributed by atoms with Gasteiger partial charge in [0, 0.05) is 18.1 Å². The van der Waals surface area contributed by atoms with Crippen LogP contribution in [0.1, 0.15) is 44.1 Å². The second kappa shape index (κ2) is 5.82. The Balaban J connectivity index is 2.35. The Kier molecular flexibility index (Phi) is 4.14. The zero-order valence-electron chi connectivity index (χ0n) is 11.0. The molecule has 0 saturated heterocycles. The van der Waals surface area contributed by atoms with Crippen LogP contribution in [0.5, 0.6) is 0 Å². The normalized spacial score (nSPS) is 24.8. The molecule has 102 valence electrons. The second-order valence-electron chi connectivity index (χ2n) is 5.01. The van der Waals surface area contributed by atoms with E-state index in [-0.39, 0.29) is 16.5 Å². The molecule has 19 heavy (non-hydrogen) atoms. The summed E-state index contributed by atoms with van der Waals surface area (Å²) in [4.78, 5) is 10.5. The molecule has 2 rings (SSSR count). The number of rotatable bonds is 4. The number of hydrogen-bond acceptors (Lipinski definition) is 4. The van der Waals surface area contributed by atoms with Gasteiger partial charge in [-0.25, -0.2) is 0 Å². The number of benzene rings is 1. The predicted octanol–water partition coefficient (Wildman–Crippen LogP) is 3.72. The van der Waals surface area contributed by atoms with Gasteiger partial charge in [-0.15, -0.1) is 0 Å². The summed E-state index contributed by atoms with van der Waals surface area (Å²) < 4.78 is 0. The van der Waals surface area contributed by atoms with Crippen LogP contribution in [0.2, 0.25) is 0 Å². The summed E-state index contributed by atoms with van der Waals surface area (Å²) >= 11 is 0. The van der Waals surface area contributed by atoms with Crippen LogP contribution in [0.25, 0.3) is 0 Å². The van der Waals surface area contributed by atoms with Crippen molar-refractivity contribution in [2.24, 2.45) is 11.1 Å². The molecular formula is C14H18N2O3. The number of non-ortho nitro benzene ring substituents is 1. The zero-order valence-corrected chi connectivity index (χ0v) is 11.0. The van der Waals surface area contributed by atoms with Crippen LogP contribution in [0, 0.1) is 16.0 Å². The van der Waals surface area contributed by atoms with Crippen molar-refractivity contribution in [2.45, 2.75) is 38.5 Å². The van der Waals surface area contributed by atoms with Crippen LogP contribution in [-0.4, -0.2) is 15.8 Å². The lowest BCUT2D eigenvalue weighted by Gasteiger charge is -2.19. The molecule has 1 aliphatic carbocycles. The quantitative estimate of drug-likeness (QED) is 0.510. The summed E-state index contributed by atoms with van der Waals surface area (Å²) in [5.74, 6) is 0.433. The molecule has 0 amide bonds. The number of nitro groups is 1. The van der Waals surface area contributed by atoms with E-state index >= 15 is 0 Å². The third-order valence-corrected chi connectivity index (χ3v) is 3.83. The van der Waals surface area contributed by atoms with Crippen molar-refractivity contribution in [1.82, 2.24) is 0 Å². The summed E-state index contributed by atoms with van der Waals surface area (Å²) in [6.07, 6.45) is 3.87. The van der Waals surface area contributed by atoms with Crippen molar-refractivity contribution in [3.8, 4) is 0 Å². The van der Waals surface area contributed by atoms with Gasteiger partial charge in [0.05, 0.1) is 10.6 Å². The lowest BCUT2D eigenvalue weighted by atomic mass is 9.85. The molecule has 1 aromatic rings. The monoisotopic (exact) mass is 262 g/mol.